The van der Waals surface area contributed by atoms with Gasteiger partial charge in [0.2, 0.25) is 0 Å². The number of aromatic carboxylic acids is 2. The van der Waals surface area contributed by atoms with Crippen LogP contribution in [0.25, 0.3) is 10.9 Å². The molecule has 9 heteroatoms. The first-order valence-corrected chi connectivity index (χ1v) is 7.69. The van der Waals surface area contributed by atoms with Gasteiger partial charge in [-0.05, 0) is 36.4 Å². The van der Waals surface area contributed by atoms with Gasteiger partial charge in [0.05, 0.1) is 5.56 Å². The molecular weight excluding hydrogens is 362 g/mol. The van der Waals surface area contributed by atoms with Crippen molar-refractivity contribution in [2.75, 3.05) is 10.6 Å². The fraction of sp³-hybridized carbons (Fsp3) is 0. The smallest absolute Gasteiger partial charge is 0.340 e. The first-order chi connectivity index (χ1) is 12.3. The lowest BCUT2D eigenvalue weighted by Crippen LogP contribution is -2.20. The number of hydrogen-bond donors (Lipinski definition) is 5. The molecule has 0 unspecified atom stereocenters. The molecular formula is C17H12ClN3O5. The van der Waals surface area contributed by atoms with E-state index in [0.717, 1.165) is 0 Å². The maximum absolute atomic E-state index is 12.1. The van der Waals surface area contributed by atoms with Crippen LogP contribution in [0, 0.1) is 0 Å². The number of fused-ring (bicyclic) bond motifs is 1. The minimum atomic E-state index is -1.26. The number of aromatic nitrogens is 1. The Kier molecular flexibility index (Phi) is 4.51. The standard InChI is InChI=1S/C17H12ClN3O5/c18-9-2-4-10(5-3-9)19-17(26)21-14-13(16(24)25)11-6-1-8(15(22)23)7-12(11)20-14/h1-7,20H,(H,22,23)(H,24,25)(H2,19,21,26). The highest BCUT2D eigenvalue weighted by Crippen LogP contribution is 2.27. The number of rotatable bonds is 4. The van der Waals surface area contributed by atoms with E-state index in [-0.39, 0.29) is 27.8 Å². The van der Waals surface area contributed by atoms with E-state index in [1.807, 2.05) is 0 Å². The molecule has 0 fully saturated rings. The van der Waals surface area contributed by atoms with Gasteiger partial charge in [-0.15, -0.1) is 0 Å². The number of carboxylic acids is 2. The van der Waals surface area contributed by atoms with Gasteiger partial charge in [0.15, 0.2) is 0 Å². The second-order valence-electron chi connectivity index (χ2n) is 5.33. The van der Waals surface area contributed by atoms with Crippen molar-refractivity contribution in [3.8, 4) is 0 Å². The predicted octanol–water partition coefficient (Wildman–Crippen LogP) is 3.86. The van der Waals surface area contributed by atoms with Crippen LogP contribution in [0.3, 0.4) is 0 Å². The molecule has 0 aliphatic carbocycles. The predicted molar refractivity (Wildman–Crippen MR) is 96.3 cm³/mol. The minimum absolute atomic E-state index is 0.00662. The van der Waals surface area contributed by atoms with Crippen molar-refractivity contribution < 1.29 is 24.6 Å². The van der Waals surface area contributed by atoms with Crippen LogP contribution in [0.1, 0.15) is 20.7 Å². The van der Waals surface area contributed by atoms with Crippen molar-refractivity contribution in [2.45, 2.75) is 0 Å². The van der Waals surface area contributed by atoms with Crippen LogP contribution < -0.4 is 10.6 Å². The maximum Gasteiger partial charge on any atom is 0.340 e. The molecule has 26 heavy (non-hydrogen) atoms. The Morgan fingerprint density at radius 2 is 1.62 bits per heavy atom. The summed E-state index contributed by atoms with van der Waals surface area (Å²) in [6.45, 7) is 0. The van der Waals surface area contributed by atoms with Crippen molar-refractivity contribution in [2.24, 2.45) is 0 Å². The first kappa shape index (κ1) is 17.3. The Morgan fingerprint density at radius 1 is 0.923 bits per heavy atom. The summed E-state index contributed by atoms with van der Waals surface area (Å²) >= 11 is 5.77. The molecule has 132 valence electrons. The average Bonchev–Trinajstić information content (AvgIpc) is 2.93. The van der Waals surface area contributed by atoms with E-state index in [1.54, 1.807) is 24.3 Å². The molecule has 2 amide bonds. The van der Waals surface area contributed by atoms with Gasteiger partial charge in [-0.25, -0.2) is 14.4 Å². The van der Waals surface area contributed by atoms with Gasteiger partial charge in [-0.1, -0.05) is 17.7 Å². The Balaban J connectivity index is 1.91. The van der Waals surface area contributed by atoms with E-state index < -0.39 is 18.0 Å². The summed E-state index contributed by atoms with van der Waals surface area (Å²) in [6, 6.07) is 9.66. The van der Waals surface area contributed by atoms with Crippen LogP contribution in [0.5, 0.6) is 0 Å². The lowest BCUT2D eigenvalue weighted by molar-refractivity contribution is 0.0688. The minimum Gasteiger partial charge on any atom is -0.478 e. The maximum atomic E-state index is 12.1. The Labute approximate surface area is 151 Å². The quantitative estimate of drug-likeness (QED) is 0.473. The monoisotopic (exact) mass is 373 g/mol. The second kappa shape index (κ2) is 6.77. The summed E-state index contributed by atoms with van der Waals surface area (Å²) < 4.78 is 0. The third kappa shape index (κ3) is 3.45. The molecule has 0 bridgehead atoms. The van der Waals surface area contributed by atoms with Gasteiger partial charge in [-0.3, -0.25) is 5.32 Å². The molecule has 1 aromatic heterocycles. The topological polar surface area (TPSA) is 132 Å². The number of H-pyrrole nitrogens is 1. The number of carbonyl (C=O) groups is 3. The second-order valence-corrected chi connectivity index (χ2v) is 5.77. The number of benzene rings is 2. The molecule has 0 saturated heterocycles. The molecule has 2 aromatic carbocycles. The number of hydrogen-bond acceptors (Lipinski definition) is 3. The first-order valence-electron chi connectivity index (χ1n) is 7.31. The van der Waals surface area contributed by atoms with Crippen LogP contribution in [-0.4, -0.2) is 33.2 Å². The number of carboxylic acid groups (broad SMARTS) is 2. The molecule has 0 radical (unpaired) electrons. The summed E-state index contributed by atoms with van der Waals surface area (Å²) in [4.78, 5) is 37.5. The van der Waals surface area contributed by atoms with Gasteiger partial charge >= 0.3 is 18.0 Å². The summed E-state index contributed by atoms with van der Waals surface area (Å²) in [7, 11) is 0. The fourth-order valence-electron chi connectivity index (χ4n) is 2.46. The number of aromatic amines is 1. The number of anilines is 2. The van der Waals surface area contributed by atoms with Crippen molar-refractivity contribution in [3.05, 3.63) is 58.6 Å². The van der Waals surface area contributed by atoms with Crippen molar-refractivity contribution in [3.63, 3.8) is 0 Å². The van der Waals surface area contributed by atoms with Crippen LogP contribution in [-0.2, 0) is 0 Å². The van der Waals surface area contributed by atoms with E-state index in [9.17, 15) is 19.5 Å². The van der Waals surface area contributed by atoms with Crippen LogP contribution in [0.4, 0.5) is 16.3 Å². The van der Waals surface area contributed by atoms with Gasteiger partial charge in [0, 0.05) is 21.6 Å². The highest BCUT2D eigenvalue weighted by molar-refractivity contribution is 6.30. The zero-order valence-electron chi connectivity index (χ0n) is 13.0. The lowest BCUT2D eigenvalue weighted by atomic mass is 10.1. The third-order valence-corrected chi connectivity index (χ3v) is 3.85. The highest BCUT2D eigenvalue weighted by atomic mass is 35.5. The number of urea groups is 1. The molecule has 8 nitrogen and oxygen atoms in total. The molecule has 0 aliphatic heterocycles. The highest BCUT2D eigenvalue weighted by Gasteiger charge is 2.20. The van der Waals surface area contributed by atoms with Crippen molar-refractivity contribution in [1.82, 2.24) is 4.98 Å². The number of carbonyl (C=O) groups excluding carboxylic acids is 1. The van der Waals surface area contributed by atoms with Gasteiger partial charge in [0.1, 0.15) is 11.4 Å². The average molecular weight is 374 g/mol. The van der Waals surface area contributed by atoms with E-state index >= 15 is 0 Å². The third-order valence-electron chi connectivity index (χ3n) is 3.60. The van der Waals surface area contributed by atoms with Crippen LogP contribution >= 0.6 is 11.6 Å². The lowest BCUT2D eigenvalue weighted by Gasteiger charge is -2.07. The van der Waals surface area contributed by atoms with Gasteiger partial charge in [-0.2, -0.15) is 0 Å². The van der Waals surface area contributed by atoms with Crippen LogP contribution in [0.2, 0.25) is 5.02 Å². The number of amides is 2. The fourth-order valence-corrected chi connectivity index (χ4v) is 2.58. The van der Waals surface area contributed by atoms with E-state index in [2.05, 4.69) is 15.6 Å². The normalized spacial score (nSPS) is 10.5. The van der Waals surface area contributed by atoms with Crippen LogP contribution in [0.15, 0.2) is 42.5 Å². The molecule has 5 N–H and O–H groups in total. The van der Waals surface area contributed by atoms with E-state index in [1.165, 1.54) is 18.2 Å². The Morgan fingerprint density at radius 3 is 2.23 bits per heavy atom. The Bertz CT molecular complexity index is 1030. The van der Waals surface area contributed by atoms with E-state index in [0.29, 0.717) is 10.7 Å². The zero-order valence-corrected chi connectivity index (χ0v) is 13.8. The molecule has 3 rings (SSSR count). The van der Waals surface area contributed by atoms with Crippen molar-refractivity contribution >= 4 is 52.0 Å². The zero-order chi connectivity index (χ0) is 18.8. The molecule has 0 saturated carbocycles. The molecule has 0 aliphatic rings. The molecule has 0 atom stereocenters. The van der Waals surface area contributed by atoms with Crippen molar-refractivity contribution in [1.29, 1.82) is 0 Å². The molecule has 3 aromatic rings. The number of halogens is 1. The Hall–Kier alpha value is -3.52. The SMILES string of the molecule is O=C(Nc1ccc(Cl)cc1)Nc1[nH]c2cc(C(=O)O)ccc2c1C(=O)O. The summed E-state index contributed by atoms with van der Waals surface area (Å²) in [6.07, 6.45) is 0. The summed E-state index contributed by atoms with van der Waals surface area (Å²) in [5.74, 6) is -2.46. The number of nitrogens with one attached hydrogen (secondary N) is 3. The van der Waals surface area contributed by atoms with Gasteiger partial charge < -0.3 is 20.5 Å². The van der Waals surface area contributed by atoms with E-state index in [4.69, 9.17) is 16.7 Å². The largest absolute Gasteiger partial charge is 0.478 e. The summed E-state index contributed by atoms with van der Waals surface area (Å²) in [5.41, 5.74) is 0.577. The molecule has 1 heterocycles. The summed E-state index contributed by atoms with van der Waals surface area (Å²) in [5, 5.41) is 24.2. The molecule has 0 spiro atoms. The van der Waals surface area contributed by atoms with Gasteiger partial charge in [0.25, 0.3) is 0 Å².